The second-order valence-electron chi connectivity index (χ2n) is 10.9. The number of aromatic nitrogens is 2. The molecule has 3 fully saturated rings. The fraction of sp³-hybridized carbons (Fsp3) is 0.464. The fourth-order valence-electron chi connectivity index (χ4n) is 6.34. The van der Waals surface area contributed by atoms with Gasteiger partial charge in [-0.25, -0.2) is 14.0 Å². The summed E-state index contributed by atoms with van der Waals surface area (Å²) >= 11 is 0. The molecule has 2 saturated heterocycles. The summed E-state index contributed by atoms with van der Waals surface area (Å²) in [7, 11) is 0. The number of nitrogens with zero attached hydrogens (tertiary/aromatic N) is 2. The lowest BCUT2D eigenvalue weighted by Crippen LogP contribution is -2.64. The molecule has 3 aromatic rings. The zero-order valence-electron chi connectivity index (χ0n) is 21.1. The van der Waals surface area contributed by atoms with Gasteiger partial charge in [0.1, 0.15) is 11.4 Å². The topological polar surface area (TPSA) is 122 Å². The van der Waals surface area contributed by atoms with Crippen molar-refractivity contribution in [2.75, 3.05) is 26.2 Å². The van der Waals surface area contributed by atoms with Crippen molar-refractivity contribution in [3.63, 3.8) is 0 Å². The van der Waals surface area contributed by atoms with E-state index in [2.05, 4.69) is 10.3 Å². The first-order chi connectivity index (χ1) is 18.4. The third-order valence-electron chi connectivity index (χ3n) is 8.42. The highest BCUT2D eigenvalue weighted by atomic mass is 19.1. The molecule has 2 aromatic carbocycles. The summed E-state index contributed by atoms with van der Waals surface area (Å²) in [6.45, 7) is 1.31. The molecule has 2 aliphatic heterocycles. The van der Waals surface area contributed by atoms with E-state index in [1.807, 2.05) is 30.3 Å². The number of ketones is 1. The van der Waals surface area contributed by atoms with Crippen molar-refractivity contribution < 1.29 is 18.7 Å². The highest BCUT2D eigenvalue weighted by Crippen LogP contribution is 2.46. The van der Waals surface area contributed by atoms with Gasteiger partial charge >= 0.3 is 11.7 Å². The van der Waals surface area contributed by atoms with Gasteiger partial charge in [-0.15, -0.1) is 0 Å². The smallest absolute Gasteiger partial charge is 0.327 e. The van der Waals surface area contributed by atoms with Crippen LogP contribution in [0.15, 0.2) is 53.3 Å². The second-order valence-corrected chi connectivity index (χ2v) is 10.9. The predicted molar refractivity (Wildman–Crippen MR) is 139 cm³/mol. The molecule has 0 spiro atoms. The van der Waals surface area contributed by atoms with Crippen LogP contribution in [0.2, 0.25) is 0 Å². The molecule has 4 N–H and O–H groups in total. The first-order valence-corrected chi connectivity index (χ1v) is 13.2. The molecule has 6 rings (SSSR count). The third-order valence-corrected chi connectivity index (χ3v) is 8.42. The number of aromatic amines is 1. The lowest BCUT2D eigenvalue weighted by atomic mass is 9.74. The maximum Gasteiger partial charge on any atom is 0.327 e. The van der Waals surface area contributed by atoms with Crippen molar-refractivity contribution in [2.45, 2.75) is 43.4 Å². The average Bonchev–Trinajstić information content (AvgIpc) is 3.69. The minimum absolute atomic E-state index is 0.149. The molecular weight excluding hydrogens is 489 g/mol. The Hall–Kier alpha value is -3.50. The number of fused-ring (bicyclic) bond motifs is 1. The van der Waals surface area contributed by atoms with Crippen LogP contribution >= 0.6 is 0 Å². The van der Waals surface area contributed by atoms with Crippen molar-refractivity contribution in [1.29, 1.82) is 0 Å². The van der Waals surface area contributed by atoms with Gasteiger partial charge in [0.2, 0.25) is 0 Å². The lowest BCUT2D eigenvalue weighted by Gasteiger charge is -2.48. The first-order valence-electron chi connectivity index (χ1n) is 13.2. The Morgan fingerprint density at radius 3 is 2.66 bits per heavy atom. The van der Waals surface area contributed by atoms with Crippen molar-refractivity contribution >= 4 is 22.8 Å². The molecule has 3 aliphatic rings. The third kappa shape index (κ3) is 4.41. The molecule has 1 aliphatic carbocycles. The van der Waals surface area contributed by atoms with E-state index in [9.17, 15) is 18.8 Å². The maximum absolute atomic E-state index is 14.3. The standard InChI is InChI=1S/C28H32FN5O4/c29-20-8-9-21-22(10-20)34(27(37)32-21)28(11-17-6-7-17)12-23(33(26(30)36)15-25(28)35)19-13-31-14-24(38-16-19)18-4-2-1-3-5-18/h1-5,8-10,17,19,23-24,31H,6-7,11-16H2,(H2,30,36)(H,32,37)/t19?,23-,24?,28?/m0/s1. The Balaban J connectivity index is 1.39. The van der Waals surface area contributed by atoms with E-state index >= 15 is 0 Å². The van der Waals surface area contributed by atoms with Crippen LogP contribution in [0.25, 0.3) is 11.0 Å². The summed E-state index contributed by atoms with van der Waals surface area (Å²) in [6.07, 6.45) is 2.46. The summed E-state index contributed by atoms with van der Waals surface area (Å²) in [6, 6.07) is 12.9. The van der Waals surface area contributed by atoms with Gasteiger partial charge in [0.15, 0.2) is 5.78 Å². The molecular formula is C28H32FN5O4. The van der Waals surface area contributed by atoms with Crippen LogP contribution in [0, 0.1) is 17.7 Å². The first kappa shape index (κ1) is 24.8. The molecule has 1 saturated carbocycles. The zero-order valence-corrected chi connectivity index (χ0v) is 21.1. The number of hydrogen-bond acceptors (Lipinski definition) is 5. The number of ether oxygens (including phenoxy) is 1. The summed E-state index contributed by atoms with van der Waals surface area (Å²) in [5.41, 5.74) is 6.01. The van der Waals surface area contributed by atoms with Crippen LogP contribution < -0.4 is 16.7 Å². The van der Waals surface area contributed by atoms with Gasteiger partial charge in [-0.2, -0.15) is 0 Å². The highest BCUT2D eigenvalue weighted by Gasteiger charge is 2.54. The molecule has 38 heavy (non-hydrogen) atoms. The van der Waals surface area contributed by atoms with E-state index in [0.717, 1.165) is 18.4 Å². The number of imidazole rings is 1. The van der Waals surface area contributed by atoms with E-state index in [-0.39, 0.29) is 36.7 Å². The van der Waals surface area contributed by atoms with E-state index in [1.54, 1.807) is 0 Å². The monoisotopic (exact) mass is 521 g/mol. The molecule has 4 atom stereocenters. The van der Waals surface area contributed by atoms with Crippen LogP contribution in [0.5, 0.6) is 0 Å². The van der Waals surface area contributed by atoms with Crippen LogP contribution in [-0.2, 0) is 15.1 Å². The Labute approximate surface area is 219 Å². The molecule has 0 radical (unpaired) electrons. The van der Waals surface area contributed by atoms with Crippen LogP contribution in [0.4, 0.5) is 9.18 Å². The summed E-state index contributed by atoms with van der Waals surface area (Å²) < 4.78 is 22.1. The Morgan fingerprint density at radius 2 is 1.92 bits per heavy atom. The van der Waals surface area contributed by atoms with Gasteiger partial charge in [0, 0.05) is 25.0 Å². The minimum Gasteiger partial charge on any atom is -0.372 e. The number of urea groups is 1. The number of primary amides is 1. The van der Waals surface area contributed by atoms with Gasteiger partial charge in [0.25, 0.3) is 0 Å². The van der Waals surface area contributed by atoms with Crippen molar-refractivity contribution in [3.05, 3.63) is 70.4 Å². The van der Waals surface area contributed by atoms with Gasteiger partial charge in [-0.1, -0.05) is 43.2 Å². The van der Waals surface area contributed by atoms with E-state index in [0.29, 0.717) is 37.2 Å². The van der Waals surface area contributed by atoms with Gasteiger partial charge in [-0.3, -0.25) is 9.36 Å². The van der Waals surface area contributed by atoms with Gasteiger partial charge < -0.3 is 25.7 Å². The van der Waals surface area contributed by atoms with Gasteiger partial charge in [-0.05, 0) is 42.5 Å². The average molecular weight is 522 g/mol. The normalized spacial score (nSPS) is 28.4. The quantitative estimate of drug-likeness (QED) is 0.477. The summed E-state index contributed by atoms with van der Waals surface area (Å²) in [5, 5.41) is 3.46. The number of rotatable bonds is 5. The molecule has 9 nitrogen and oxygen atoms in total. The molecule has 10 heteroatoms. The Bertz CT molecular complexity index is 1420. The number of nitrogens with one attached hydrogen (secondary N) is 2. The van der Waals surface area contributed by atoms with Crippen molar-refractivity contribution in [3.8, 4) is 0 Å². The van der Waals surface area contributed by atoms with Crippen LogP contribution in [0.3, 0.4) is 0 Å². The SMILES string of the molecule is NC(=O)N1CC(=O)C(CC2CC2)(n2c(=O)[nH]c3ccc(F)cc32)C[C@H]1C1CNCC(c2ccccc2)OC1. The number of halogens is 1. The number of amides is 2. The predicted octanol–water partition coefficient (Wildman–Crippen LogP) is 2.66. The zero-order chi connectivity index (χ0) is 26.4. The molecule has 200 valence electrons. The molecule has 1 aromatic heterocycles. The minimum atomic E-state index is -1.22. The van der Waals surface area contributed by atoms with Gasteiger partial charge in [0.05, 0.1) is 30.3 Å². The summed E-state index contributed by atoms with van der Waals surface area (Å²) in [5.74, 6) is -0.619. The number of nitrogens with two attached hydrogens (primary N) is 1. The van der Waals surface area contributed by atoms with E-state index in [4.69, 9.17) is 10.5 Å². The highest BCUT2D eigenvalue weighted by molar-refractivity contribution is 5.94. The number of benzene rings is 2. The van der Waals surface area contributed by atoms with E-state index in [1.165, 1.54) is 27.7 Å². The Morgan fingerprint density at radius 1 is 1.13 bits per heavy atom. The molecule has 3 heterocycles. The second kappa shape index (κ2) is 9.67. The van der Waals surface area contributed by atoms with Crippen LogP contribution in [0.1, 0.15) is 37.4 Å². The summed E-state index contributed by atoms with van der Waals surface area (Å²) in [4.78, 5) is 44.1. The maximum atomic E-state index is 14.3. The number of carbonyl (C=O) groups excluding carboxylic acids is 2. The van der Waals surface area contributed by atoms with E-state index < -0.39 is 29.1 Å². The number of piperidine rings is 1. The number of Topliss-reactive ketones (excluding diaryl/α,β-unsaturated/α-hetero) is 1. The molecule has 0 bridgehead atoms. The molecule has 3 unspecified atom stereocenters. The largest absolute Gasteiger partial charge is 0.372 e. The van der Waals surface area contributed by atoms with Crippen molar-refractivity contribution in [1.82, 2.24) is 19.8 Å². The Kier molecular flexibility index (Phi) is 6.31. The number of likely N-dealkylation sites (tertiary alicyclic amines) is 1. The van der Waals surface area contributed by atoms with Crippen molar-refractivity contribution in [2.24, 2.45) is 17.6 Å². The lowest BCUT2D eigenvalue weighted by molar-refractivity contribution is -0.136. The molecule has 2 amide bonds. The van der Waals surface area contributed by atoms with Crippen LogP contribution in [-0.4, -0.2) is 58.5 Å². The fourth-order valence-corrected chi connectivity index (χ4v) is 6.34. The number of carbonyl (C=O) groups is 2. The number of hydrogen-bond donors (Lipinski definition) is 3. The number of H-pyrrole nitrogens is 1.